The van der Waals surface area contributed by atoms with Crippen molar-refractivity contribution in [3.63, 3.8) is 0 Å². The van der Waals surface area contributed by atoms with Crippen molar-refractivity contribution in [1.82, 2.24) is 30.0 Å². The molecule has 9 nitrogen and oxygen atoms in total. The van der Waals surface area contributed by atoms with E-state index >= 15 is 0 Å². The normalized spacial score (nSPS) is 19.1. The number of amides is 2. The van der Waals surface area contributed by atoms with Crippen LogP contribution in [0.25, 0.3) is 0 Å². The van der Waals surface area contributed by atoms with Gasteiger partial charge in [-0.05, 0) is 32.9 Å². The quantitative estimate of drug-likeness (QED) is 0.842. The molecule has 0 radical (unpaired) electrons. The molecule has 1 N–H and O–H groups in total. The number of pyridine rings is 1. The first-order valence-electron chi connectivity index (χ1n) is 9.99. The van der Waals surface area contributed by atoms with E-state index < -0.39 is 5.66 Å². The zero-order chi connectivity index (χ0) is 20.8. The van der Waals surface area contributed by atoms with Gasteiger partial charge in [0.15, 0.2) is 0 Å². The lowest BCUT2D eigenvalue weighted by Gasteiger charge is -2.50. The number of anilines is 1. The molecule has 1 spiro atoms. The van der Waals surface area contributed by atoms with Crippen molar-refractivity contribution < 1.29 is 9.59 Å². The molecule has 4 rings (SSSR count). The van der Waals surface area contributed by atoms with Gasteiger partial charge < -0.3 is 15.1 Å². The van der Waals surface area contributed by atoms with Crippen LogP contribution in [0, 0.1) is 13.8 Å². The van der Waals surface area contributed by atoms with E-state index in [4.69, 9.17) is 0 Å². The summed E-state index contributed by atoms with van der Waals surface area (Å²) in [6.07, 6.45) is 3.40. The monoisotopic (exact) mass is 397 g/mol. The molecular formula is C20H27N7O2. The Bertz CT molecular complexity index is 946. The molecule has 0 bridgehead atoms. The zero-order valence-electron chi connectivity index (χ0n) is 17.3. The van der Waals surface area contributed by atoms with Gasteiger partial charge in [-0.15, -0.1) is 0 Å². The summed E-state index contributed by atoms with van der Waals surface area (Å²) in [7, 11) is 1.96. The summed E-state index contributed by atoms with van der Waals surface area (Å²) in [5.41, 5.74) is 0.0897. The summed E-state index contributed by atoms with van der Waals surface area (Å²) in [4.78, 5) is 38.1. The van der Waals surface area contributed by atoms with Crippen LogP contribution in [0.3, 0.4) is 0 Å². The first-order valence-corrected chi connectivity index (χ1v) is 9.99. The van der Waals surface area contributed by atoms with Crippen LogP contribution in [0.1, 0.15) is 54.2 Å². The van der Waals surface area contributed by atoms with E-state index in [2.05, 4.69) is 25.3 Å². The molecule has 0 aromatic carbocycles. The Labute approximate surface area is 170 Å². The molecule has 29 heavy (non-hydrogen) atoms. The SMILES string of the molecule is Cc1nc(C)n(C(C)CC(=O)N2CCC3(CC2)NC(=O)c2cccnc2N3C)n1. The van der Waals surface area contributed by atoms with E-state index in [-0.39, 0.29) is 17.9 Å². The van der Waals surface area contributed by atoms with Crippen molar-refractivity contribution in [2.24, 2.45) is 0 Å². The highest BCUT2D eigenvalue weighted by atomic mass is 16.2. The van der Waals surface area contributed by atoms with E-state index in [0.717, 1.165) is 5.82 Å². The second-order valence-corrected chi connectivity index (χ2v) is 8.00. The number of nitrogens with zero attached hydrogens (tertiary/aromatic N) is 6. The lowest BCUT2D eigenvalue weighted by Crippen LogP contribution is -2.67. The second kappa shape index (κ2) is 7.13. The number of piperidine rings is 1. The molecule has 0 saturated carbocycles. The molecule has 9 heteroatoms. The van der Waals surface area contributed by atoms with Crippen molar-refractivity contribution in [1.29, 1.82) is 0 Å². The summed E-state index contributed by atoms with van der Waals surface area (Å²) in [5, 5.41) is 7.55. The first kappa shape index (κ1) is 19.4. The van der Waals surface area contributed by atoms with Crippen LogP contribution in [0.5, 0.6) is 0 Å². The highest BCUT2D eigenvalue weighted by molar-refractivity contribution is 6.01. The Morgan fingerprint density at radius 1 is 1.31 bits per heavy atom. The fraction of sp³-hybridized carbons (Fsp3) is 0.550. The summed E-state index contributed by atoms with van der Waals surface area (Å²) in [6, 6.07) is 3.51. The average Bonchev–Trinajstić information content (AvgIpc) is 3.05. The molecule has 1 fully saturated rings. The maximum Gasteiger partial charge on any atom is 0.256 e. The van der Waals surface area contributed by atoms with Crippen LogP contribution in [0.15, 0.2) is 18.3 Å². The third-order valence-electron chi connectivity index (χ3n) is 6.08. The number of carbonyl (C=O) groups excluding carboxylic acids is 2. The standard InChI is InChI=1S/C20H27N7O2/c1-13(27-15(3)22-14(2)24-27)12-17(28)26-10-7-20(8-11-26)23-19(29)16-6-5-9-21-18(16)25(20)4/h5-6,9,13H,7-8,10-12H2,1-4H3,(H,23,29). The highest BCUT2D eigenvalue weighted by Gasteiger charge is 2.45. The average molecular weight is 397 g/mol. The van der Waals surface area contributed by atoms with Gasteiger partial charge in [0.25, 0.3) is 5.91 Å². The van der Waals surface area contributed by atoms with Gasteiger partial charge in [-0.25, -0.2) is 14.6 Å². The van der Waals surface area contributed by atoms with E-state index in [1.807, 2.05) is 37.4 Å². The van der Waals surface area contributed by atoms with Gasteiger partial charge in [0, 0.05) is 45.6 Å². The molecule has 1 unspecified atom stereocenters. The summed E-state index contributed by atoms with van der Waals surface area (Å²) >= 11 is 0. The third kappa shape index (κ3) is 3.34. The molecule has 2 aliphatic heterocycles. The van der Waals surface area contributed by atoms with Crippen LogP contribution in [0.2, 0.25) is 0 Å². The number of hydrogen-bond acceptors (Lipinski definition) is 6. The molecule has 154 valence electrons. The predicted octanol–water partition coefficient (Wildman–Crippen LogP) is 1.44. The minimum absolute atomic E-state index is 0.0484. The number of likely N-dealkylation sites (tertiary alicyclic amines) is 1. The number of aryl methyl sites for hydroxylation is 2. The van der Waals surface area contributed by atoms with Gasteiger partial charge in [-0.3, -0.25) is 9.59 Å². The van der Waals surface area contributed by atoms with E-state index in [1.165, 1.54) is 0 Å². The Balaban J connectivity index is 1.42. The highest BCUT2D eigenvalue weighted by Crippen LogP contribution is 2.35. The zero-order valence-corrected chi connectivity index (χ0v) is 17.3. The van der Waals surface area contributed by atoms with Crippen LogP contribution in [-0.2, 0) is 4.79 Å². The fourth-order valence-corrected chi connectivity index (χ4v) is 4.41. The van der Waals surface area contributed by atoms with Crippen molar-refractivity contribution >= 4 is 17.6 Å². The summed E-state index contributed by atoms with van der Waals surface area (Å²) < 4.78 is 1.82. The maximum absolute atomic E-state index is 12.9. The van der Waals surface area contributed by atoms with Crippen LogP contribution >= 0.6 is 0 Å². The van der Waals surface area contributed by atoms with E-state index in [9.17, 15) is 9.59 Å². The molecule has 2 aromatic rings. The van der Waals surface area contributed by atoms with Gasteiger partial charge in [0.2, 0.25) is 5.91 Å². The number of carbonyl (C=O) groups is 2. The Hall–Kier alpha value is -2.97. The Kier molecular flexibility index (Phi) is 4.76. The van der Waals surface area contributed by atoms with Crippen molar-refractivity contribution in [3.05, 3.63) is 35.5 Å². The third-order valence-corrected chi connectivity index (χ3v) is 6.08. The predicted molar refractivity (Wildman–Crippen MR) is 107 cm³/mol. The Morgan fingerprint density at radius 2 is 2.03 bits per heavy atom. The van der Waals surface area contributed by atoms with E-state index in [0.29, 0.717) is 49.6 Å². The largest absolute Gasteiger partial charge is 0.342 e. The molecule has 2 aromatic heterocycles. The van der Waals surface area contributed by atoms with Gasteiger partial charge in [-0.1, -0.05) is 0 Å². The molecule has 2 amide bonds. The van der Waals surface area contributed by atoms with Crippen molar-refractivity contribution in [2.75, 3.05) is 25.0 Å². The molecule has 1 saturated heterocycles. The molecule has 1 atom stereocenters. The minimum atomic E-state index is -0.500. The van der Waals surface area contributed by atoms with Gasteiger partial charge in [-0.2, -0.15) is 5.10 Å². The topological polar surface area (TPSA) is 96.2 Å². The number of hydrogen-bond donors (Lipinski definition) is 1. The molecule has 4 heterocycles. The van der Waals surface area contributed by atoms with E-state index in [1.54, 1.807) is 18.3 Å². The van der Waals surface area contributed by atoms with Gasteiger partial charge >= 0.3 is 0 Å². The smallest absolute Gasteiger partial charge is 0.256 e. The van der Waals surface area contributed by atoms with Gasteiger partial charge in [0.1, 0.15) is 23.1 Å². The summed E-state index contributed by atoms with van der Waals surface area (Å²) in [6.45, 7) is 6.92. The summed E-state index contributed by atoms with van der Waals surface area (Å²) in [5.74, 6) is 2.23. The molecule has 0 aliphatic carbocycles. The minimum Gasteiger partial charge on any atom is -0.342 e. The molecule has 2 aliphatic rings. The van der Waals surface area contributed by atoms with Crippen molar-refractivity contribution in [2.45, 2.75) is 51.7 Å². The first-order chi connectivity index (χ1) is 13.8. The lowest BCUT2D eigenvalue weighted by atomic mass is 9.91. The number of nitrogens with one attached hydrogen (secondary N) is 1. The maximum atomic E-state index is 12.9. The van der Waals surface area contributed by atoms with Gasteiger partial charge in [0.05, 0.1) is 11.6 Å². The van der Waals surface area contributed by atoms with Crippen molar-refractivity contribution in [3.8, 4) is 0 Å². The van der Waals surface area contributed by atoms with Crippen LogP contribution in [-0.4, -0.2) is 62.3 Å². The number of fused-ring (bicyclic) bond motifs is 1. The Morgan fingerprint density at radius 3 is 2.69 bits per heavy atom. The number of rotatable bonds is 3. The van der Waals surface area contributed by atoms with Crippen LogP contribution < -0.4 is 10.2 Å². The lowest BCUT2D eigenvalue weighted by molar-refractivity contribution is -0.133. The second-order valence-electron chi connectivity index (χ2n) is 8.00. The number of aromatic nitrogens is 4. The molecular weight excluding hydrogens is 370 g/mol. The van der Waals surface area contributed by atoms with Crippen LogP contribution in [0.4, 0.5) is 5.82 Å². The fourth-order valence-electron chi connectivity index (χ4n) is 4.41.